The second-order valence-corrected chi connectivity index (χ2v) is 7.49. The first-order chi connectivity index (χ1) is 12.3. The van der Waals surface area contributed by atoms with Crippen molar-refractivity contribution in [3.8, 4) is 5.75 Å². The van der Waals surface area contributed by atoms with Gasteiger partial charge in [-0.15, -0.1) is 24.0 Å². The number of nitrogens with zero attached hydrogens (tertiary/aromatic N) is 1. The van der Waals surface area contributed by atoms with Crippen LogP contribution in [0.1, 0.15) is 11.1 Å². The molecular formula is C18H25IN4O3S. The number of halogens is 1. The molecule has 4 N–H and O–H groups in total. The number of nitrogens with one attached hydrogen (secondary N) is 2. The molecule has 0 unspecified atom stereocenters. The summed E-state index contributed by atoms with van der Waals surface area (Å²) >= 11 is 0. The van der Waals surface area contributed by atoms with Gasteiger partial charge in [0.25, 0.3) is 0 Å². The monoisotopic (exact) mass is 504 g/mol. The fourth-order valence-electron chi connectivity index (χ4n) is 2.36. The number of methoxy groups -OCH3 is 1. The molecule has 2 aromatic rings. The Bertz CT molecular complexity index is 901. The van der Waals surface area contributed by atoms with Gasteiger partial charge in [-0.25, -0.2) is 13.1 Å². The third-order valence-corrected chi connectivity index (χ3v) is 5.29. The van der Waals surface area contributed by atoms with Crippen molar-refractivity contribution in [2.75, 3.05) is 25.5 Å². The van der Waals surface area contributed by atoms with E-state index < -0.39 is 10.0 Å². The van der Waals surface area contributed by atoms with E-state index in [4.69, 9.17) is 10.5 Å². The molecule has 0 atom stereocenters. The maximum atomic E-state index is 12.4. The molecule has 0 aliphatic carbocycles. The van der Waals surface area contributed by atoms with Crippen molar-refractivity contribution in [2.45, 2.75) is 18.7 Å². The van der Waals surface area contributed by atoms with Crippen LogP contribution in [0.15, 0.2) is 52.4 Å². The highest BCUT2D eigenvalue weighted by molar-refractivity contribution is 14.0. The molecule has 0 heterocycles. The number of hydrogen-bond donors (Lipinski definition) is 3. The maximum absolute atomic E-state index is 12.4. The summed E-state index contributed by atoms with van der Waals surface area (Å²) in [4.78, 5) is 4.41. The van der Waals surface area contributed by atoms with Crippen LogP contribution in [0.2, 0.25) is 0 Å². The molecular weight excluding hydrogens is 479 g/mol. The highest BCUT2D eigenvalue weighted by Crippen LogP contribution is 2.22. The molecule has 27 heavy (non-hydrogen) atoms. The van der Waals surface area contributed by atoms with Gasteiger partial charge >= 0.3 is 0 Å². The van der Waals surface area contributed by atoms with Gasteiger partial charge in [0.05, 0.1) is 24.2 Å². The van der Waals surface area contributed by atoms with E-state index >= 15 is 0 Å². The first-order valence-corrected chi connectivity index (χ1v) is 9.58. The van der Waals surface area contributed by atoms with E-state index in [1.807, 2.05) is 31.2 Å². The Labute approximate surface area is 177 Å². The highest BCUT2D eigenvalue weighted by Gasteiger charge is 2.16. The van der Waals surface area contributed by atoms with Crippen LogP contribution in [0, 0.1) is 13.8 Å². The second-order valence-electron chi connectivity index (χ2n) is 5.76. The minimum Gasteiger partial charge on any atom is -0.495 e. The molecule has 0 spiro atoms. The Morgan fingerprint density at radius 1 is 1.19 bits per heavy atom. The van der Waals surface area contributed by atoms with Crippen molar-refractivity contribution in [1.82, 2.24) is 4.72 Å². The number of aryl methyl sites for hydroxylation is 2. The lowest BCUT2D eigenvalue weighted by Crippen LogP contribution is -2.29. The van der Waals surface area contributed by atoms with Crippen LogP contribution in [0.3, 0.4) is 0 Å². The van der Waals surface area contributed by atoms with Crippen molar-refractivity contribution < 1.29 is 13.2 Å². The molecule has 7 nitrogen and oxygen atoms in total. The summed E-state index contributed by atoms with van der Waals surface area (Å²) in [6.07, 6.45) is 0. The SMILES string of the molecule is COc1ccccc1NC(N)=NCCNS(=O)(=O)c1cc(C)ccc1C.I. The van der Waals surface area contributed by atoms with E-state index in [0.717, 1.165) is 5.56 Å². The Kier molecular flexibility index (Phi) is 9.00. The van der Waals surface area contributed by atoms with Crippen molar-refractivity contribution in [2.24, 2.45) is 10.7 Å². The zero-order valence-electron chi connectivity index (χ0n) is 15.5. The summed E-state index contributed by atoms with van der Waals surface area (Å²) < 4.78 is 32.6. The fraction of sp³-hybridized carbons (Fsp3) is 0.278. The van der Waals surface area contributed by atoms with Gasteiger partial charge in [0.2, 0.25) is 10.0 Å². The number of para-hydroxylation sites is 2. The van der Waals surface area contributed by atoms with Crippen LogP contribution in [0.5, 0.6) is 5.75 Å². The van der Waals surface area contributed by atoms with Gasteiger partial charge < -0.3 is 15.8 Å². The zero-order valence-corrected chi connectivity index (χ0v) is 18.7. The molecule has 0 aliphatic heterocycles. The molecule has 0 aromatic heterocycles. The summed E-state index contributed by atoms with van der Waals surface area (Å²) in [5.74, 6) is 0.821. The van der Waals surface area contributed by atoms with Crippen molar-refractivity contribution in [1.29, 1.82) is 0 Å². The fourth-order valence-corrected chi connectivity index (χ4v) is 3.70. The highest BCUT2D eigenvalue weighted by atomic mass is 127. The Morgan fingerprint density at radius 3 is 2.59 bits per heavy atom. The van der Waals surface area contributed by atoms with Crippen molar-refractivity contribution >= 4 is 45.6 Å². The van der Waals surface area contributed by atoms with Crippen LogP contribution in [0.4, 0.5) is 5.69 Å². The first kappa shape index (κ1) is 23.2. The number of anilines is 1. The number of sulfonamides is 1. The van der Waals surface area contributed by atoms with E-state index in [1.165, 1.54) is 0 Å². The maximum Gasteiger partial charge on any atom is 0.240 e. The van der Waals surface area contributed by atoms with Gasteiger partial charge in [-0.2, -0.15) is 0 Å². The Hall–Kier alpha value is -1.85. The molecule has 0 saturated heterocycles. The minimum absolute atomic E-state index is 0. The molecule has 0 aliphatic rings. The molecule has 0 saturated carbocycles. The van der Waals surface area contributed by atoms with Crippen molar-refractivity contribution in [3.63, 3.8) is 0 Å². The predicted molar refractivity (Wildman–Crippen MR) is 120 cm³/mol. The van der Waals surface area contributed by atoms with E-state index in [1.54, 1.807) is 32.2 Å². The lowest BCUT2D eigenvalue weighted by atomic mass is 10.2. The number of aliphatic imine (C=N–C) groups is 1. The van der Waals surface area contributed by atoms with Crippen molar-refractivity contribution in [3.05, 3.63) is 53.6 Å². The summed E-state index contributed by atoms with van der Waals surface area (Å²) in [6.45, 7) is 3.97. The molecule has 9 heteroatoms. The number of benzene rings is 2. The van der Waals surface area contributed by atoms with Gasteiger partial charge in [-0.1, -0.05) is 24.3 Å². The van der Waals surface area contributed by atoms with Crippen LogP contribution >= 0.6 is 24.0 Å². The lowest BCUT2D eigenvalue weighted by Gasteiger charge is -2.11. The summed E-state index contributed by atoms with van der Waals surface area (Å²) in [5, 5.41) is 2.93. The van der Waals surface area contributed by atoms with Gasteiger partial charge in [0.15, 0.2) is 5.96 Å². The molecule has 0 fully saturated rings. The van der Waals surface area contributed by atoms with E-state index in [-0.39, 0.29) is 47.9 Å². The van der Waals surface area contributed by atoms with Crippen LogP contribution in [-0.2, 0) is 10.0 Å². The minimum atomic E-state index is -3.58. The lowest BCUT2D eigenvalue weighted by molar-refractivity contribution is 0.417. The summed E-state index contributed by atoms with van der Waals surface area (Å²) in [5.41, 5.74) is 8.11. The van der Waals surface area contributed by atoms with E-state index in [9.17, 15) is 8.42 Å². The average molecular weight is 504 g/mol. The Morgan fingerprint density at radius 2 is 1.89 bits per heavy atom. The molecule has 0 amide bonds. The third-order valence-electron chi connectivity index (χ3n) is 3.69. The first-order valence-electron chi connectivity index (χ1n) is 8.10. The molecule has 2 aromatic carbocycles. The van der Waals surface area contributed by atoms with E-state index in [2.05, 4.69) is 15.0 Å². The number of ether oxygens (including phenoxy) is 1. The van der Waals surface area contributed by atoms with Crippen LogP contribution in [-0.4, -0.2) is 34.6 Å². The molecule has 2 rings (SSSR count). The van der Waals surface area contributed by atoms with Gasteiger partial charge in [0, 0.05) is 6.54 Å². The quantitative estimate of drug-likeness (QED) is 0.233. The molecule has 0 bridgehead atoms. The van der Waals surface area contributed by atoms with E-state index in [0.29, 0.717) is 17.0 Å². The normalized spacial score (nSPS) is 11.6. The van der Waals surface area contributed by atoms with Gasteiger partial charge in [-0.3, -0.25) is 4.99 Å². The zero-order chi connectivity index (χ0) is 19.2. The predicted octanol–water partition coefficient (Wildman–Crippen LogP) is 2.64. The number of hydrogen-bond acceptors (Lipinski definition) is 4. The smallest absolute Gasteiger partial charge is 0.240 e. The topological polar surface area (TPSA) is 106 Å². The van der Waals surface area contributed by atoms with Gasteiger partial charge in [0.1, 0.15) is 5.75 Å². The second kappa shape index (κ2) is 10.5. The number of rotatable bonds is 7. The van der Waals surface area contributed by atoms with Gasteiger partial charge in [-0.05, 0) is 43.2 Å². The Balaban J connectivity index is 0.00000364. The standard InChI is InChI=1S/C18H24N4O3S.HI/c1-13-8-9-14(2)17(12-13)26(23,24)21-11-10-20-18(19)22-15-6-4-5-7-16(15)25-3;/h4-9,12,21H,10-11H2,1-3H3,(H3,19,20,22);1H. The van der Waals surface area contributed by atoms with Crippen LogP contribution in [0.25, 0.3) is 0 Å². The third kappa shape index (κ3) is 6.67. The number of nitrogens with two attached hydrogens (primary N) is 1. The average Bonchev–Trinajstić information content (AvgIpc) is 2.61. The summed E-state index contributed by atoms with van der Waals surface area (Å²) in [6, 6.07) is 12.6. The molecule has 0 radical (unpaired) electrons. The number of guanidine groups is 1. The molecule has 148 valence electrons. The van der Waals surface area contributed by atoms with Crippen LogP contribution < -0.4 is 20.5 Å². The largest absolute Gasteiger partial charge is 0.495 e. The summed E-state index contributed by atoms with van der Waals surface area (Å²) in [7, 11) is -2.02.